The van der Waals surface area contributed by atoms with Crippen molar-refractivity contribution in [3.05, 3.63) is 34.6 Å². The van der Waals surface area contributed by atoms with Crippen LogP contribution in [0, 0.1) is 5.82 Å². The first kappa shape index (κ1) is 19.8. The second-order valence-corrected chi connectivity index (χ2v) is 5.48. The first-order chi connectivity index (χ1) is 11.4. The summed E-state index contributed by atoms with van der Waals surface area (Å²) < 4.78 is 119. The molecule has 11 heteroatoms. The molecule has 0 aliphatic carbocycles. The Bertz CT molecular complexity index is 604. The smallest absolute Gasteiger partial charge is 0.314 e. The monoisotopic (exact) mass is 380 g/mol. The van der Waals surface area contributed by atoms with E-state index in [1.807, 2.05) is 0 Å². The van der Waals surface area contributed by atoms with E-state index in [2.05, 4.69) is 5.32 Å². The molecule has 0 amide bonds. The molecular formula is C14H13F9N2. The summed E-state index contributed by atoms with van der Waals surface area (Å²) in [6, 6.07) is -2.79. The summed E-state index contributed by atoms with van der Waals surface area (Å²) in [4.78, 5) is 0.933. The van der Waals surface area contributed by atoms with Gasteiger partial charge in [-0.05, 0) is 12.1 Å². The highest BCUT2D eigenvalue weighted by molar-refractivity contribution is 5.39. The number of benzene rings is 1. The number of nitrogens with one attached hydrogen (secondary N) is 1. The van der Waals surface area contributed by atoms with E-state index in [0.717, 1.165) is 4.90 Å². The molecule has 25 heavy (non-hydrogen) atoms. The van der Waals surface area contributed by atoms with Gasteiger partial charge in [-0.1, -0.05) is 0 Å². The highest BCUT2D eigenvalue weighted by Crippen LogP contribution is 2.43. The fourth-order valence-corrected chi connectivity index (χ4v) is 2.74. The topological polar surface area (TPSA) is 15.3 Å². The van der Waals surface area contributed by atoms with Gasteiger partial charge in [-0.15, -0.1) is 0 Å². The molecule has 0 unspecified atom stereocenters. The van der Waals surface area contributed by atoms with Gasteiger partial charge in [0.1, 0.15) is 5.82 Å². The predicted octanol–water partition coefficient (Wildman–Crippen LogP) is 4.07. The van der Waals surface area contributed by atoms with Crippen LogP contribution in [0.1, 0.15) is 22.7 Å². The number of hydrogen-bond acceptors (Lipinski definition) is 2. The van der Waals surface area contributed by atoms with Gasteiger partial charge in [0.25, 0.3) is 6.43 Å². The number of alkyl halides is 8. The zero-order valence-corrected chi connectivity index (χ0v) is 12.5. The molecule has 1 fully saturated rings. The van der Waals surface area contributed by atoms with Crippen LogP contribution in [-0.4, -0.2) is 37.5 Å². The van der Waals surface area contributed by atoms with Crippen molar-refractivity contribution in [3.63, 3.8) is 0 Å². The summed E-state index contributed by atoms with van der Waals surface area (Å²) in [5, 5.41) is 2.80. The Morgan fingerprint density at radius 2 is 1.48 bits per heavy atom. The van der Waals surface area contributed by atoms with E-state index in [-0.39, 0.29) is 38.3 Å². The molecule has 1 aromatic rings. The van der Waals surface area contributed by atoms with E-state index in [9.17, 15) is 39.5 Å². The molecule has 0 radical (unpaired) electrons. The fourth-order valence-electron chi connectivity index (χ4n) is 2.74. The summed E-state index contributed by atoms with van der Waals surface area (Å²) in [5.41, 5.74) is -5.38. The molecular weight excluding hydrogens is 367 g/mol. The van der Waals surface area contributed by atoms with Gasteiger partial charge >= 0.3 is 12.4 Å². The van der Waals surface area contributed by atoms with Crippen molar-refractivity contribution in [2.75, 3.05) is 26.2 Å². The lowest BCUT2D eigenvalue weighted by Crippen LogP contribution is -2.47. The molecule has 1 saturated heterocycles. The maximum Gasteiger partial charge on any atom is 0.416 e. The number of piperazine rings is 1. The molecule has 0 bridgehead atoms. The van der Waals surface area contributed by atoms with Crippen molar-refractivity contribution in [1.29, 1.82) is 0 Å². The zero-order chi connectivity index (χ0) is 19.0. The highest BCUT2D eigenvalue weighted by atomic mass is 19.4. The van der Waals surface area contributed by atoms with Crippen LogP contribution in [0.5, 0.6) is 0 Å². The van der Waals surface area contributed by atoms with Gasteiger partial charge in [0, 0.05) is 31.7 Å². The van der Waals surface area contributed by atoms with Crippen molar-refractivity contribution < 1.29 is 39.5 Å². The lowest BCUT2D eigenvalue weighted by molar-refractivity contribution is -0.144. The van der Waals surface area contributed by atoms with Crippen LogP contribution < -0.4 is 5.32 Å². The second-order valence-electron chi connectivity index (χ2n) is 5.48. The summed E-state index contributed by atoms with van der Waals surface area (Å²) in [7, 11) is 0. The van der Waals surface area contributed by atoms with E-state index in [4.69, 9.17) is 0 Å². The van der Waals surface area contributed by atoms with Crippen molar-refractivity contribution in [2.24, 2.45) is 0 Å². The number of nitrogens with zero attached hydrogens (tertiary/aromatic N) is 1. The van der Waals surface area contributed by atoms with Gasteiger partial charge in [0.05, 0.1) is 17.2 Å². The van der Waals surface area contributed by atoms with E-state index in [0.29, 0.717) is 0 Å². The van der Waals surface area contributed by atoms with Crippen LogP contribution in [0.15, 0.2) is 12.1 Å². The summed E-state index contributed by atoms with van der Waals surface area (Å²) in [6.45, 7) is 0.194. The van der Waals surface area contributed by atoms with E-state index in [1.165, 1.54) is 0 Å². The van der Waals surface area contributed by atoms with Crippen LogP contribution in [0.3, 0.4) is 0 Å². The number of rotatable bonds is 3. The summed E-state index contributed by atoms with van der Waals surface area (Å²) in [6.07, 6.45) is -14.1. The van der Waals surface area contributed by atoms with E-state index >= 15 is 0 Å². The minimum Gasteiger partial charge on any atom is -0.314 e. The van der Waals surface area contributed by atoms with Gasteiger partial charge in [-0.25, -0.2) is 13.2 Å². The molecule has 1 N–H and O–H groups in total. The normalized spacial score (nSPS) is 18.6. The van der Waals surface area contributed by atoms with Gasteiger partial charge in [0.2, 0.25) is 0 Å². The number of halogens is 9. The van der Waals surface area contributed by atoms with Gasteiger partial charge < -0.3 is 5.32 Å². The minimum atomic E-state index is -5.42. The summed E-state index contributed by atoms with van der Waals surface area (Å²) in [5.74, 6) is -1.95. The van der Waals surface area contributed by atoms with Crippen LogP contribution in [0.25, 0.3) is 0 Å². The van der Waals surface area contributed by atoms with Gasteiger partial charge in [-0.2, -0.15) is 26.3 Å². The molecule has 0 aromatic heterocycles. The Kier molecular flexibility index (Phi) is 5.57. The zero-order valence-electron chi connectivity index (χ0n) is 12.5. The largest absolute Gasteiger partial charge is 0.416 e. The maximum absolute atomic E-state index is 14.2. The minimum absolute atomic E-state index is 0.0905. The first-order valence-electron chi connectivity index (χ1n) is 7.13. The Morgan fingerprint density at radius 1 is 0.920 bits per heavy atom. The Morgan fingerprint density at radius 3 is 1.92 bits per heavy atom. The lowest BCUT2D eigenvalue weighted by Gasteiger charge is -2.36. The SMILES string of the molecule is Fc1cc(C(F)(F)F)cc(C(F)(F)F)c1[C@H](C(F)F)N1CCNCC1. The Labute approximate surface area is 136 Å². The number of hydrogen-bond donors (Lipinski definition) is 1. The van der Waals surface area contributed by atoms with Crippen molar-refractivity contribution >= 4 is 0 Å². The third-order valence-electron chi connectivity index (χ3n) is 3.84. The van der Waals surface area contributed by atoms with Crippen molar-refractivity contribution in [1.82, 2.24) is 10.2 Å². The van der Waals surface area contributed by atoms with Crippen molar-refractivity contribution in [2.45, 2.75) is 24.8 Å². The average Bonchev–Trinajstić information content (AvgIpc) is 2.47. The molecule has 1 atom stereocenters. The molecule has 0 spiro atoms. The van der Waals surface area contributed by atoms with Crippen LogP contribution in [0.2, 0.25) is 0 Å². The van der Waals surface area contributed by atoms with Gasteiger partial charge in [-0.3, -0.25) is 4.90 Å². The van der Waals surface area contributed by atoms with E-state index in [1.54, 1.807) is 0 Å². The van der Waals surface area contributed by atoms with Crippen LogP contribution in [0.4, 0.5) is 39.5 Å². The second kappa shape index (κ2) is 7.02. The Hall–Kier alpha value is -1.49. The average molecular weight is 380 g/mol. The molecule has 2 nitrogen and oxygen atoms in total. The summed E-state index contributed by atoms with van der Waals surface area (Å²) >= 11 is 0. The first-order valence-corrected chi connectivity index (χ1v) is 7.13. The quantitative estimate of drug-likeness (QED) is 0.796. The molecule has 2 rings (SSSR count). The molecule has 0 saturated carbocycles. The molecule has 1 aliphatic heterocycles. The van der Waals surface area contributed by atoms with Crippen LogP contribution in [-0.2, 0) is 12.4 Å². The highest BCUT2D eigenvalue weighted by Gasteiger charge is 2.44. The molecule has 1 aliphatic rings. The van der Waals surface area contributed by atoms with Crippen molar-refractivity contribution in [3.8, 4) is 0 Å². The maximum atomic E-state index is 14.2. The van der Waals surface area contributed by atoms with Crippen LogP contribution >= 0.6 is 0 Å². The van der Waals surface area contributed by atoms with E-state index < -0.39 is 47.3 Å². The third kappa shape index (κ3) is 4.38. The Balaban J connectivity index is 2.64. The standard InChI is InChI=1S/C14H13F9N2/c15-9-6-7(13(18,19)20)5-8(14(21,22)23)10(9)11(12(16)17)25-3-1-24-2-4-25/h5-6,11-12,24H,1-4H2/t11-/m1/s1. The predicted molar refractivity (Wildman–Crippen MR) is 69.6 cm³/mol. The molecule has 1 aromatic carbocycles. The lowest BCUT2D eigenvalue weighted by atomic mass is 9.95. The molecule has 142 valence electrons. The molecule has 1 heterocycles. The van der Waals surface area contributed by atoms with Gasteiger partial charge in [0.15, 0.2) is 0 Å². The fraction of sp³-hybridized carbons (Fsp3) is 0.571. The third-order valence-corrected chi connectivity index (χ3v) is 3.84.